The Hall–Kier alpha value is -1.30. The summed E-state index contributed by atoms with van der Waals surface area (Å²) < 4.78 is 0. The van der Waals surface area contributed by atoms with Crippen LogP contribution in [0.5, 0.6) is 0 Å². The third-order valence-corrected chi connectivity index (χ3v) is 1.80. The largest absolute Gasteiger partial charge is 0.480 e. The minimum Gasteiger partial charge on any atom is -0.480 e. The standard InChI is InChI=1S/C7H13N3O3/c11-6(12)5-9-7(13)10-3-1-8-2-4-10/h8H,1-5H2,(H,9,13)(H,11,12). The van der Waals surface area contributed by atoms with Crippen LogP contribution in [0.4, 0.5) is 4.79 Å². The molecule has 1 heterocycles. The van der Waals surface area contributed by atoms with Crippen molar-refractivity contribution in [2.24, 2.45) is 0 Å². The van der Waals surface area contributed by atoms with Crippen molar-refractivity contribution in [3.8, 4) is 0 Å². The zero-order chi connectivity index (χ0) is 9.68. The predicted octanol–water partition coefficient (Wildman–Crippen LogP) is -1.31. The summed E-state index contributed by atoms with van der Waals surface area (Å²) in [4.78, 5) is 23.0. The molecule has 0 saturated carbocycles. The Morgan fingerprint density at radius 3 is 2.54 bits per heavy atom. The molecule has 0 atom stereocenters. The number of rotatable bonds is 2. The number of carbonyl (C=O) groups is 2. The van der Waals surface area contributed by atoms with Crippen molar-refractivity contribution in [1.29, 1.82) is 0 Å². The van der Waals surface area contributed by atoms with Gasteiger partial charge in [-0.05, 0) is 0 Å². The quantitative estimate of drug-likeness (QED) is 0.501. The van der Waals surface area contributed by atoms with Gasteiger partial charge in [0.15, 0.2) is 0 Å². The van der Waals surface area contributed by atoms with Crippen LogP contribution in [0.3, 0.4) is 0 Å². The van der Waals surface area contributed by atoms with Gasteiger partial charge in [0.2, 0.25) is 0 Å². The molecule has 0 unspecified atom stereocenters. The molecule has 13 heavy (non-hydrogen) atoms. The maximum absolute atomic E-state index is 11.2. The summed E-state index contributed by atoms with van der Waals surface area (Å²) in [5.74, 6) is -1.02. The molecule has 0 aromatic rings. The van der Waals surface area contributed by atoms with Crippen LogP contribution in [0.15, 0.2) is 0 Å². The number of hydrogen-bond acceptors (Lipinski definition) is 3. The molecule has 1 saturated heterocycles. The summed E-state index contributed by atoms with van der Waals surface area (Å²) in [6, 6.07) is -0.302. The number of nitrogens with one attached hydrogen (secondary N) is 2. The summed E-state index contributed by atoms with van der Waals surface area (Å²) in [5.41, 5.74) is 0. The first-order chi connectivity index (χ1) is 6.20. The van der Waals surface area contributed by atoms with Gasteiger partial charge in [0.1, 0.15) is 6.54 Å². The summed E-state index contributed by atoms with van der Waals surface area (Å²) >= 11 is 0. The van der Waals surface area contributed by atoms with E-state index in [-0.39, 0.29) is 12.6 Å². The van der Waals surface area contributed by atoms with Gasteiger partial charge >= 0.3 is 12.0 Å². The first kappa shape index (κ1) is 9.79. The van der Waals surface area contributed by atoms with E-state index in [1.165, 1.54) is 0 Å². The van der Waals surface area contributed by atoms with E-state index in [2.05, 4.69) is 10.6 Å². The number of carboxylic acids is 1. The lowest BCUT2D eigenvalue weighted by atomic mass is 10.4. The van der Waals surface area contributed by atoms with Crippen molar-refractivity contribution in [2.75, 3.05) is 32.7 Å². The van der Waals surface area contributed by atoms with Gasteiger partial charge in [0.25, 0.3) is 0 Å². The van der Waals surface area contributed by atoms with E-state index in [0.717, 1.165) is 13.1 Å². The van der Waals surface area contributed by atoms with Crippen molar-refractivity contribution in [2.45, 2.75) is 0 Å². The van der Waals surface area contributed by atoms with E-state index in [1.54, 1.807) is 4.90 Å². The van der Waals surface area contributed by atoms with Crippen LogP contribution < -0.4 is 10.6 Å². The van der Waals surface area contributed by atoms with Gasteiger partial charge in [0.05, 0.1) is 0 Å². The fraction of sp³-hybridized carbons (Fsp3) is 0.714. The molecule has 6 nitrogen and oxygen atoms in total. The van der Waals surface area contributed by atoms with Crippen LogP contribution in [0.25, 0.3) is 0 Å². The number of amides is 2. The Morgan fingerprint density at radius 1 is 1.38 bits per heavy atom. The molecule has 74 valence electrons. The maximum Gasteiger partial charge on any atom is 0.323 e. The number of aliphatic carboxylic acids is 1. The Bertz CT molecular complexity index is 201. The van der Waals surface area contributed by atoms with Crippen LogP contribution in [0.1, 0.15) is 0 Å². The maximum atomic E-state index is 11.2. The highest BCUT2D eigenvalue weighted by molar-refractivity contribution is 5.79. The van der Waals surface area contributed by atoms with E-state index in [9.17, 15) is 9.59 Å². The SMILES string of the molecule is O=C(O)CNC(=O)N1CCNCC1. The monoisotopic (exact) mass is 187 g/mol. The molecule has 0 aromatic heterocycles. The molecule has 1 rings (SSSR count). The van der Waals surface area contributed by atoms with Crippen molar-refractivity contribution in [1.82, 2.24) is 15.5 Å². The second-order valence-corrected chi connectivity index (χ2v) is 2.79. The lowest BCUT2D eigenvalue weighted by molar-refractivity contribution is -0.135. The highest BCUT2D eigenvalue weighted by atomic mass is 16.4. The lowest BCUT2D eigenvalue weighted by Gasteiger charge is -2.27. The number of urea groups is 1. The van der Waals surface area contributed by atoms with Gasteiger partial charge in [-0.25, -0.2) is 4.79 Å². The number of piperazine rings is 1. The summed E-state index contributed by atoms with van der Waals surface area (Å²) in [5, 5.41) is 13.7. The summed E-state index contributed by atoms with van der Waals surface area (Å²) in [6.07, 6.45) is 0. The fourth-order valence-electron chi connectivity index (χ4n) is 1.13. The van der Waals surface area contributed by atoms with E-state index in [1.807, 2.05) is 0 Å². The van der Waals surface area contributed by atoms with E-state index in [0.29, 0.717) is 13.1 Å². The second kappa shape index (κ2) is 4.66. The van der Waals surface area contributed by atoms with Crippen molar-refractivity contribution >= 4 is 12.0 Å². The normalized spacial score (nSPS) is 16.8. The molecule has 0 aromatic carbocycles. The highest BCUT2D eigenvalue weighted by Gasteiger charge is 2.15. The Morgan fingerprint density at radius 2 is 2.00 bits per heavy atom. The van der Waals surface area contributed by atoms with Crippen LogP contribution >= 0.6 is 0 Å². The van der Waals surface area contributed by atoms with E-state index < -0.39 is 5.97 Å². The molecule has 0 radical (unpaired) electrons. The molecule has 3 N–H and O–H groups in total. The van der Waals surface area contributed by atoms with Gasteiger partial charge in [-0.1, -0.05) is 0 Å². The average Bonchev–Trinajstić information content (AvgIpc) is 2.15. The van der Waals surface area contributed by atoms with E-state index in [4.69, 9.17) is 5.11 Å². The molecule has 0 bridgehead atoms. The molecule has 6 heteroatoms. The van der Waals surface area contributed by atoms with Gasteiger partial charge in [0, 0.05) is 26.2 Å². The minimum atomic E-state index is -1.02. The molecule has 1 fully saturated rings. The number of carboxylic acid groups (broad SMARTS) is 1. The van der Waals surface area contributed by atoms with Crippen molar-refractivity contribution < 1.29 is 14.7 Å². The first-order valence-electron chi connectivity index (χ1n) is 4.15. The zero-order valence-corrected chi connectivity index (χ0v) is 7.25. The summed E-state index contributed by atoms with van der Waals surface area (Å²) in [7, 11) is 0. The third kappa shape index (κ3) is 3.29. The molecule has 1 aliphatic heterocycles. The van der Waals surface area contributed by atoms with Gasteiger partial charge in [-0.15, -0.1) is 0 Å². The predicted molar refractivity (Wildman–Crippen MR) is 45.5 cm³/mol. The number of nitrogens with zero attached hydrogens (tertiary/aromatic N) is 1. The minimum absolute atomic E-state index is 0.302. The number of carbonyl (C=O) groups excluding carboxylic acids is 1. The second-order valence-electron chi connectivity index (χ2n) is 2.79. The van der Waals surface area contributed by atoms with Crippen molar-refractivity contribution in [3.05, 3.63) is 0 Å². The van der Waals surface area contributed by atoms with Gasteiger partial charge < -0.3 is 20.6 Å². The molecule has 0 spiro atoms. The van der Waals surface area contributed by atoms with Crippen LogP contribution in [-0.2, 0) is 4.79 Å². The van der Waals surface area contributed by atoms with Gasteiger partial charge in [-0.3, -0.25) is 4.79 Å². The molecule has 2 amide bonds. The molecular weight excluding hydrogens is 174 g/mol. The van der Waals surface area contributed by atoms with E-state index >= 15 is 0 Å². The number of hydrogen-bond donors (Lipinski definition) is 3. The molecule has 0 aliphatic carbocycles. The first-order valence-corrected chi connectivity index (χ1v) is 4.15. The summed E-state index contributed by atoms with van der Waals surface area (Å²) in [6.45, 7) is 2.47. The Labute approximate surface area is 75.9 Å². The Kier molecular flexibility index (Phi) is 3.51. The van der Waals surface area contributed by atoms with Crippen LogP contribution in [-0.4, -0.2) is 54.7 Å². The molecular formula is C7H13N3O3. The Balaban J connectivity index is 2.25. The smallest absolute Gasteiger partial charge is 0.323 e. The topological polar surface area (TPSA) is 81.7 Å². The zero-order valence-electron chi connectivity index (χ0n) is 7.25. The van der Waals surface area contributed by atoms with Crippen LogP contribution in [0.2, 0.25) is 0 Å². The molecule has 1 aliphatic rings. The van der Waals surface area contributed by atoms with Crippen molar-refractivity contribution in [3.63, 3.8) is 0 Å². The fourth-order valence-corrected chi connectivity index (χ4v) is 1.13. The van der Waals surface area contributed by atoms with Crippen LogP contribution in [0, 0.1) is 0 Å². The van der Waals surface area contributed by atoms with Gasteiger partial charge in [-0.2, -0.15) is 0 Å². The lowest BCUT2D eigenvalue weighted by Crippen LogP contribution is -2.50. The average molecular weight is 187 g/mol. The highest BCUT2D eigenvalue weighted by Crippen LogP contribution is 1.91. The third-order valence-electron chi connectivity index (χ3n) is 1.80.